The highest BCUT2D eigenvalue weighted by molar-refractivity contribution is 7.98. The van der Waals surface area contributed by atoms with Crippen molar-refractivity contribution in [2.75, 3.05) is 25.1 Å². The lowest BCUT2D eigenvalue weighted by Gasteiger charge is -2.33. The van der Waals surface area contributed by atoms with Crippen molar-refractivity contribution < 1.29 is 4.79 Å². The average molecular weight is 292 g/mol. The van der Waals surface area contributed by atoms with Gasteiger partial charge in [0.05, 0.1) is 6.04 Å². The Morgan fingerprint density at radius 3 is 2.60 bits per heavy atom. The summed E-state index contributed by atoms with van der Waals surface area (Å²) in [6, 6.07) is 10.3. The lowest BCUT2D eigenvalue weighted by atomic mass is 9.89. The molecule has 0 radical (unpaired) electrons. The van der Waals surface area contributed by atoms with Gasteiger partial charge in [-0.3, -0.25) is 4.79 Å². The van der Waals surface area contributed by atoms with Crippen LogP contribution in [0.1, 0.15) is 30.7 Å². The maximum atomic E-state index is 12.2. The summed E-state index contributed by atoms with van der Waals surface area (Å²) in [6.45, 7) is 1.68. The molecule has 20 heavy (non-hydrogen) atoms. The van der Waals surface area contributed by atoms with Crippen LogP contribution < -0.4 is 5.73 Å². The van der Waals surface area contributed by atoms with Crippen LogP contribution in [0.2, 0.25) is 0 Å². The Balaban J connectivity index is 1.83. The fourth-order valence-corrected chi connectivity index (χ4v) is 3.25. The maximum Gasteiger partial charge on any atom is 0.239 e. The van der Waals surface area contributed by atoms with Gasteiger partial charge < -0.3 is 10.6 Å². The first-order valence-electron chi connectivity index (χ1n) is 7.30. The smallest absolute Gasteiger partial charge is 0.239 e. The van der Waals surface area contributed by atoms with Crippen LogP contribution in [0.5, 0.6) is 0 Å². The molecule has 1 aliphatic rings. The highest BCUT2D eigenvalue weighted by Crippen LogP contribution is 2.27. The molecule has 1 atom stereocenters. The Kier molecular flexibility index (Phi) is 5.92. The minimum atomic E-state index is -0.323. The summed E-state index contributed by atoms with van der Waals surface area (Å²) < 4.78 is 0. The van der Waals surface area contributed by atoms with Crippen molar-refractivity contribution in [2.45, 2.75) is 31.2 Å². The van der Waals surface area contributed by atoms with E-state index in [1.165, 1.54) is 5.56 Å². The monoisotopic (exact) mass is 292 g/mol. The van der Waals surface area contributed by atoms with Gasteiger partial charge in [0, 0.05) is 13.1 Å². The van der Waals surface area contributed by atoms with Gasteiger partial charge >= 0.3 is 0 Å². The molecule has 1 aliphatic heterocycles. The standard InChI is InChI=1S/C16H24N2OS/c1-20-12-9-15(17)16(19)18-10-7-14(8-11-18)13-5-3-2-4-6-13/h2-6,14-15H,7-12,17H2,1H3/t15-/m0/s1. The molecule has 0 aromatic heterocycles. The molecule has 1 saturated heterocycles. The van der Waals surface area contributed by atoms with Gasteiger partial charge in [0.25, 0.3) is 0 Å². The van der Waals surface area contributed by atoms with Gasteiger partial charge in [-0.25, -0.2) is 0 Å². The van der Waals surface area contributed by atoms with Crippen molar-refractivity contribution in [3.63, 3.8) is 0 Å². The molecular formula is C16H24N2OS. The minimum absolute atomic E-state index is 0.130. The van der Waals surface area contributed by atoms with Crippen molar-refractivity contribution in [3.8, 4) is 0 Å². The van der Waals surface area contributed by atoms with Crippen LogP contribution in [0.25, 0.3) is 0 Å². The topological polar surface area (TPSA) is 46.3 Å². The molecule has 1 amide bonds. The Morgan fingerprint density at radius 1 is 1.35 bits per heavy atom. The zero-order chi connectivity index (χ0) is 14.4. The lowest BCUT2D eigenvalue weighted by Crippen LogP contribution is -2.47. The van der Waals surface area contributed by atoms with Gasteiger partial charge in [0.1, 0.15) is 0 Å². The van der Waals surface area contributed by atoms with Gasteiger partial charge in [-0.15, -0.1) is 0 Å². The number of carbonyl (C=O) groups excluding carboxylic acids is 1. The van der Waals surface area contributed by atoms with Gasteiger partial charge in [-0.05, 0) is 42.8 Å². The number of nitrogens with two attached hydrogens (primary N) is 1. The van der Waals surface area contributed by atoms with Gasteiger partial charge in [-0.2, -0.15) is 11.8 Å². The Morgan fingerprint density at radius 2 is 2.00 bits per heavy atom. The van der Waals surface area contributed by atoms with E-state index < -0.39 is 0 Å². The number of benzene rings is 1. The normalized spacial score (nSPS) is 18.0. The highest BCUT2D eigenvalue weighted by atomic mass is 32.2. The summed E-state index contributed by atoms with van der Waals surface area (Å²) in [5.41, 5.74) is 7.37. The number of rotatable bonds is 5. The minimum Gasteiger partial charge on any atom is -0.341 e. The first kappa shape index (κ1) is 15.4. The number of hydrogen-bond donors (Lipinski definition) is 1. The largest absolute Gasteiger partial charge is 0.341 e. The van der Waals surface area contributed by atoms with Crippen LogP contribution in [-0.2, 0) is 4.79 Å². The summed E-state index contributed by atoms with van der Waals surface area (Å²) in [5.74, 6) is 1.67. The molecule has 4 heteroatoms. The molecule has 1 heterocycles. The molecule has 2 N–H and O–H groups in total. The van der Waals surface area contributed by atoms with E-state index in [0.717, 1.165) is 38.1 Å². The fraction of sp³-hybridized carbons (Fsp3) is 0.562. The van der Waals surface area contributed by atoms with E-state index >= 15 is 0 Å². The van der Waals surface area contributed by atoms with Crippen molar-refractivity contribution in [2.24, 2.45) is 5.73 Å². The Labute approximate surface area is 125 Å². The molecule has 0 unspecified atom stereocenters. The predicted octanol–water partition coefficient (Wildman–Crippen LogP) is 2.47. The SMILES string of the molecule is CSCC[C@H](N)C(=O)N1CCC(c2ccccc2)CC1. The highest BCUT2D eigenvalue weighted by Gasteiger charge is 2.26. The van der Waals surface area contributed by atoms with Crippen molar-refractivity contribution in [1.82, 2.24) is 4.90 Å². The average Bonchev–Trinajstić information content (AvgIpc) is 2.53. The third kappa shape index (κ3) is 4.00. The zero-order valence-electron chi connectivity index (χ0n) is 12.1. The number of hydrogen-bond acceptors (Lipinski definition) is 3. The summed E-state index contributed by atoms with van der Waals surface area (Å²) in [5, 5.41) is 0. The lowest BCUT2D eigenvalue weighted by molar-refractivity contribution is -0.133. The third-order valence-electron chi connectivity index (χ3n) is 4.03. The summed E-state index contributed by atoms with van der Waals surface area (Å²) in [4.78, 5) is 14.2. The first-order chi connectivity index (χ1) is 9.72. The Bertz CT molecular complexity index is 416. The number of amides is 1. The van der Waals surface area contributed by atoms with E-state index in [1.54, 1.807) is 11.8 Å². The molecule has 1 aromatic rings. The number of carbonyl (C=O) groups is 1. The van der Waals surface area contributed by atoms with Crippen molar-refractivity contribution in [3.05, 3.63) is 35.9 Å². The molecule has 0 spiro atoms. The van der Waals surface area contributed by atoms with E-state index in [1.807, 2.05) is 17.2 Å². The van der Waals surface area contributed by atoms with E-state index in [9.17, 15) is 4.79 Å². The molecule has 3 nitrogen and oxygen atoms in total. The molecule has 110 valence electrons. The first-order valence-corrected chi connectivity index (χ1v) is 8.70. The van der Waals surface area contributed by atoms with Crippen LogP contribution >= 0.6 is 11.8 Å². The van der Waals surface area contributed by atoms with Crippen LogP contribution in [0.3, 0.4) is 0 Å². The number of nitrogens with zero attached hydrogens (tertiary/aromatic N) is 1. The molecule has 1 aromatic carbocycles. The number of thioether (sulfide) groups is 1. The molecule has 0 bridgehead atoms. The van der Waals surface area contributed by atoms with E-state index in [-0.39, 0.29) is 11.9 Å². The van der Waals surface area contributed by atoms with E-state index in [0.29, 0.717) is 5.92 Å². The van der Waals surface area contributed by atoms with Gasteiger partial charge in [-0.1, -0.05) is 30.3 Å². The Hall–Kier alpha value is -1.00. The van der Waals surface area contributed by atoms with E-state index in [2.05, 4.69) is 24.3 Å². The molecule has 0 aliphatic carbocycles. The van der Waals surface area contributed by atoms with Gasteiger partial charge in [0.2, 0.25) is 5.91 Å². The summed E-state index contributed by atoms with van der Waals surface area (Å²) in [6.07, 6.45) is 4.91. The molecule has 0 saturated carbocycles. The quantitative estimate of drug-likeness (QED) is 0.907. The number of piperidine rings is 1. The zero-order valence-corrected chi connectivity index (χ0v) is 12.9. The second-order valence-electron chi connectivity index (χ2n) is 5.40. The van der Waals surface area contributed by atoms with Crippen LogP contribution in [-0.4, -0.2) is 41.9 Å². The number of likely N-dealkylation sites (tertiary alicyclic amines) is 1. The second-order valence-corrected chi connectivity index (χ2v) is 6.38. The second kappa shape index (κ2) is 7.70. The van der Waals surface area contributed by atoms with E-state index in [4.69, 9.17) is 5.73 Å². The summed E-state index contributed by atoms with van der Waals surface area (Å²) in [7, 11) is 0. The van der Waals surface area contributed by atoms with Crippen LogP contribution in [0, 0.1) is 0 Å². The molecule has 2 rings (SSSR count). The summed E-state index contributed by atoms with van der Waals surface area (Å²) >= 11 is 1.74. The van der Waals surface area contributed by atoms with Crippen LogP contribution in [0.15, 0.2) is 30.3 Å². The third-order valence-corrected chi connectivity index (χ3v) is 4.67. The maximum absolute atomic E-state index is 12.2. The fourth-order valence-electron chi connectivity index (χ4n) is 2.76. The molecular weight excluding hydrogens is 268 g/mol. The van der Waals surface area contributed by atoms with Gasteiger partial charge in [0.15, 0.2) is 0 Å². The molecule has 1 fully saturated rings. The van der Waals surface area contributed by atoms with Crippen molar-refractivity contribution >= 4 is 17.7 Å². The predicted molar refractivity (Wildman–Crippen MR) is 86.0 cm³/mol. The van der Waals surface area contributed by atoms with Crippen molar-refractivity contribution in [1.29, 1.82) is 0 Å². The van der Waals surface area contributed by atoms with Crippen LogP contribution in [0.4, 0.5) is 0 Å².